The molecule has 0 aromatic heterocycles. The van der Waals surface area contributed by atoms with Crippen LogP contribution < -0.4 is 0 Å². The van der Waals surface area contributed by atoms with Crippen LogP contribution in [0.5, 0.6) is 0 Å². The Kier molecular flexibility index (Phi) is 5.26. The largest absolute Gasteiger partial charge is 0.481 e. The van der Waals surface area contributed by atoms with E-state index < -0.39 is 64.0 Å². The maximum Gasteiger partial charge on any atom is 0.347 e. The Morgan fingerprint density at radius 1 is 0.933 bits per heavy atom. The number of allylic oxidation sites excluding steroid dienone is 2. The summed E-state index contributed by atoms with van der Waals surface area (Å²) in [6.45, 7) is 3.45. The topological polar surface area (TPSA) is 161 Å². The van der Waals surface area contributed by atoms with Crippen molar-refractivity contribution in [2.45, 2.75) is 33.1 Å². The lowest BCUT2D eigenvalue weighted by molar-refractivity contribution is -0.153. The Hall–Kier alpha value is -3.82. The summed E-state index contributed by atoms with van der Waals surface area (Å²) in [6, 6.07) is 0. The molecule has 156 valence electrons. The lowest BCUT2D eigenvalue weighted by Crippen LogP contribution is -2.28. The molecule has 10 heteroatoms. The predicted molar refractivity (Wildman–Crippen MR) is 95.3 cm³/mol. The van der Waals surface area contributed by atoms with E-state index in [1.54, 1.807) is 13.8 Å². The maximum absolute atomic E-state index is 12.5. The molecule has 0 spiro atoms. The third-order valence-corrected chi connectivity index (χ3v) is 4.97. The van der Waals surface area contributed by atoms with Crippen molar-refractivity contribution in [1.82, 2.24) is 0 Å². The number of carboxylic acids is 2. The second-order valence-corrected chi connectivity index (χ2v) is 6.67. The third-order valence-electron chi connectivity index (χ3n) is 4.97. The second kappa shape index (κ2) is 7.54. The predicted octanol–water partition coefficient (Wildman–Crippen LogP) is 0.979. The summed E-state index contributed by atoms with van der Waals surface area (Å²) in [6.07, 6.45) is 2.13. The molecule has 0 aromatic rings. The average Bonchev–Trinajstić information content (AvgIpc) is 3.10. The van der Waals surface area contributed by atoms with Crippen LogP contribution in [0.15, 0.2) is 45.1 Å². The highest BCUT2D eigenvalue weighted by Gasteiger charge is 2.50. The zero-order valence-electron chi connectivity index (χ0n) is 15.9. The third kappa shape index (κ3) is 3.06. The lowest BCUT2D eigenvalue weighted by atomic mass is 9.83. The highest BCUT2D eigenvalue weighted by molar-refractivity contribution is 6.24. The molecule has 0 unspecified atom stereocenters. The molecule has 0 bridgehead atoms. The first-order chi connectivity index (χ1) is 14.1. The van der Waals surface area contributed by atoms with Gasteiger partial charge in [0.2, 0.25) is 0 Å². The van der Waals surface area contributed by atoms with Crippen LogP contribution in [0.4, 0.5) is 0 Å². The van der Waals surface area contributed by atoms with Gasteiger partial charge in [0.1, 0.15) is 5.92 Å². The van der Waals surface area contributed by atoms with Gasteiger partial charge in [0.15, 0.2) is 0 Å². The van der Waals surface area contributed by atoms with Gasteiger partial charge in [0.25, 0.3) is 0 Å². The molecule has 10 nitrogen and oxygen atoms in total. The summed E-state index contributed by atoms with van der Waals surface area (Å²) in [7, 11) is 0. The Labute approximate surface area is 169 Å². The van der Waals surface area contributed by atoms with E-state index in [9.17, 15) is 39.0 Å². The van der Waals surface area contributed by atoms with Crippen molar-refractivity contribution < 1.29 is 48.5 Å². The van der Waals surface area contributed by atoms with Crippen molar-refractivity contribution in [1.29, 1.82) is 0 Å². The minimum Gasteiger partial charge on any atom is -0.481 e. The van der Waals surface area contributed by atoms with Gasteiger partial charge in [-0.05, 0) is 30.1 Å². The molecule has 0 saturated carbocycles. The van der Waals surface area contributed by atoms with Gasteiger partial charge in [-0.1, -0.05) is 20.3 Å². The molecule has 2 heterocycles. The first kappa shape index (κ1) is 20.9. The lowest BCUT2D eigenvalue weighted by Gasteiger charge is -2.15. The molecule has 0 aromatic carbocycles. The molecule has 3 aliphatic rings. The number of aliphatic carboxylic acids is 2. The van der Waals surface area contributed by atoms with Gasteiger partial charge in [-0.3, -0.25) is 4.79 Å². The van der Waals surface area contributed by atoms with E-state index in [0.717, 1.165) is 0 Å². The fourth-order valence-corrected chi connectivity index (χ4v) is 3.77. The molecule has 1 fully saturated rings. The van der Waals surface area contributed by atoms with Crippen LogP contribution in [0.25, 0.3) is 0 Å². The van der Waals surface area contributed by atoms with Crippen molar-refractivity contribution in [3.05, 3.63) is 45.1 Å². The van der Waals surface area contributed by atoms with E-state index in [0.29, 0.717) is 12.0 Å². The highest BCUT2D eigenvalue weighted by Crippen LogP contribution is 2.42. The minimum atomic E-state index is -2.23. The fraction of sp³-hybridized carbons (Fsp3) is 0.300. The molecule has 0 radical (unpaired) electrons. The van der Waals surface area contributed by atoms with Crippen LogP contribution in [0.1, 0.15) is 33.1 Å². The van der Waals surface area contributed by atoms with Crippen LogP contribution >= 0.6 is 0 Å². The van der Waals surface area contributed by atoms with Crippen LogP contribution in [-0.2, 0) is 38.2 Å². The van der Waals surface area contributed by atoms with Gasteiger partial charge < -0.3 is 19.7 Å². The first-order valence-corrected chi connectivity index (χ1v) is 9.05. The van der Waals surface area contributed by atoms with Gasteiger partial charge >= 0.3 is 35.8 Å². The van der Waals surface area contributed by atoms with Gasteiger partial charge in [0.05, 0.1) is 27.9 Å². The summed E-state index contributed by atoms with van der Waals surface area (Å²) in [5, 5.41) is 19.5. The zero-order valence-corrected chi connectivity index (χ0v) is 15.9. The molecule has 0 amide bonds. The molecular weight excluding hydrogens is 400 g/mol. The van der Waals surface area contributed by atoms with Crippen molar-refractivity contribution in [3.8, 4) is 0 Å². The van der Waals surface area contributed by atoms with E-state index in [2.05, 4.69) is 9.47 Å². The Morgan fingerprint density at radius 2 is 1.53 bits per heavy atom. The van der Waals surface area contributed by atoms with Crippen LogP contribution in [-0.4, -0.2) is 46.0 Å². The van der Waals surface area contributed by atoms with E-state index >= 15 is 0 Å². The Bertz CT molecular complexity index is 1060. The van der Waals surface area contributed by atoms with E-state index in [1.165, 1.54) is 6.08 Å². The summed E-state index contributed by atoms with van der Waals surface area (Å²) in [4.78, 5) is 73.7. The number of rotatable bonds is 5. The van der Waals surface area contributed by atoms with Gasteiger partial charge in [-0.2, -0.15) is 0 Å². The summed E-state index contributed by atoms with van der Waals surface area (Å²) in [5.74, 6) is -10.8. The number of carbonyl (C=O) groups is 6. The van der Waals surface area contributed by atoms with E-state index in [4.69, 9.17) is 0 Å². The Morgan fingerprint density at radius 3 is 2.07 bits per heavy atom. The fourth-order valence-electron chi connectivity index (χ4n) is 3.77. The van der Waals surface area contributed by atoms with Gasteiger partial charge in [-0.15, -0.1) is 0 Å². The van der Waals surface area contributed by atoms with Crippen molar-refractivity contribution in [2.24, 2.45) is 5.92 Å². The van der Waals surface area contributed by atoms with Crippen LogP contribution in [0, 0.1) is 5.92 Å². The number of cyclic esters (lactones) is 4. The molecule has 3 rings (SSSR count). The number of hydrogen-bond acceptors (Lipinski definition) is 8. The average molecular weight is 416 g/mol. The maximum atomic E-state index is 12.5. The number of esters is 4. The number of ether oxygens (including phenoxy) is 2. The number of carbonyl (C=O) groups excluding carboxylic acids is 4. The quantitative estimate of drug-likeness (QED) is 0.488. The van der Waals surface area contributed by atoms with Crippen LogP contribution in [0.2, 0.25) is 0 Å². The van der Waals surface area contributed by atoms with Crippen molar-refractivity contribution in [2.75, 3.05) is 0 Å². The Balaban J connectivity index is 2.59. The molecular formula is C20H16O10. The van der Waals surface area contributed by atoms with Crippen molar-refractivity contribution in [3.63, 3.8) is 0 Å². The molecule has 2 aliphatic heterocycles. The van der Waals surface area contributed by atoms with Gasteiger partial charge in [-0.25, -0.2) is 24.0 Å². The molecule has 1 atom stereocenters. The summed E-state index contributed by atoms with van der Waals surface area (Å²) < 4.78 is 9.16. The molecule has 2 N–H and O–H groups in total. The normalized spacial score (nSPS) is 28.1. The minimum absolute atomic E-state index is 0.205. The summed E-state index contributed by atoms with van der Waals surface area (Å²) in [5.41, 5.74) is -2.66. The zero-order chi connectivity index (χ0) is 22.3. The number of carboxylic acid groups (broad SMARTS) is 2. The smallest absolute Gasteiger partial charge is 0.347 e. The molecule has 30 heavy (non-hydrogen) atoms. The SMILES string of the molecule is CCCC1=C2\C(=O)OC(=O)\C2=C(/C(=O)O)[C@@H](C(=O)O)C2=C(/C=C\1CC)C(=O)OC2=O. The summed E-state index contributed by atoms with van der Waals surface area (Å²) >= 11 is 0. The second-order valence-electron chi connectivity index (χ2n) is 6.67. The van der Waals surface area contributed by atoms with Crippen LogP contribution in [0.3, 0.4) is 0 Å². The van der Waals surface area contributed by atoms with E-state index in [-0.39, 0.29) is 24.0 Å². The standard InChI is InChI=1S/C20H16O10/c1-3-5-8-7(4-2)6-9-11(19(27)29-17(9)25)12(15(21)22)13(16(23)24)14-10(8)18(26)30-20(14)28/h6,12H,3-5H2,1-2H3,(H,21,22)(H,23,24)/b7-6-,10-8+,14-13-/t12-/m0/s1. The van der Waals surface area contributed by atoms with E-state index in [1.807, 2.05) is 0 Å². The first-order valence-electron chi connectivity index (χ1n) is 9.05. The molecule has 1 saturated heterocycles. The number of hydrogen-bond donors (Lipinski definition) is 2. The monoisotopic (exact) mass is 416 g/mol. The van der Waals surface area contributed by atoms with Gasteiger partial charge in [0, 0.05) is 0 Å². The molecule has 1 aliphatic carbocycles. The van der Waals surface area contributed by atoms with Crippen molar-refractivity contribution >= 4 is 35.8 Å². The highest BCUT2D eigenvalue weighted by atomic mass is 16.6. The number of fused-ring (bicyclic) bond motifs is 1.